The van der Waals surface area contributed by atoms with Crippen molar-refractivity contribution in [2.75, 3.05) is 24.9 Å². The maximum Gasteiger partial charge on any atom is 0.271 e. The van der Waals surface area contributed by atoms with Crippen LogP contribution in [0.5, 0.6) is 5.75 Å². The van der Waals surface area contributed by atoms with Crippen molar-refractivity contribution in [1.29, 1.82) is 0 Å². The Balaban J connectivity index is 1.57. The van der Waals surface area contributed by atoms with Crippen molar-refractivity contribution in [3.8, 4) is 16.2 Å². The van der Waals surface area contributed by atoms with E-state index in [1.54, 1.807) is 42.5 Å². The number of carbonyl (C=O) groups is 1. The molecule has 0 saturated carbocycles. The number of anilines is 1. The summed E-state index contributed by atoms with van der Waals surface area (Å²) in [7, 11) is -1.88. The molecule has 10 heteroatoms. The molecule has 0 unspecified atom stereocenters. The van der Waals surface area contributed by atoms with Crippen LogP contribution in [0.1, 0.15) is 23.7 Å². The zero-order valence-corrected chi connectivity index (χ0v) is 21.1. The largest absolute Gasteiger partial charge is 0.487 e. The number of hydrogen-bond acceptors (Lipinski definition) is 6. The molecule has 1 fully saturated rings. The van der Waals surface area contributed by atoms with Crippen LogP contribution in [-0.4, -0.2) is 45.3 Å². The fourth-order valence-electron chi connectivity index (χ4n) is 3.59. The normalized spacial score (nSPS) is 16.7. The number of rotatable bonds is 7. The average molecular weight is 525 g/mol. The first kappa shape index (κ1) is 24.0. The summed E-state index contributed by atoms with van der Waals surface area (Å²) in [5, 5.41) is 0.714. The molecule has 0 amide bonds. The highest BCUT2D eigenvalue weighted by molar-refractivity contribution is 7.94. The number of hydrogen-bond donors (Lipinski definition) is 1. The van der Waals surface area contributed by atoms with Gasteiger partial charge in [0, 0.05) is 24.7 Å². The maximum atomic E-state index is 13.1. The first-order valence-corrected chi connectivity index (χ1v) is 13.3. The smallest absolute Gasteiger partial charge is 0.271 e. The van der Waals surface area contributed by atoms with Gasteiger partial charge in [0.05, 0.1) is 20.6 Å². The predicted octanol–water partition coefficient (Wildman–Crippen LogP) is 5.81. The van der Waals surface area contributed by atoms with Gasteiger partial charge in [0.1, 0.15) is 16.1 Å². The fourth-order valence-corrected chi connectivity index (χ4v) is 6.62. The number of likely N-dealkylation sites (N-methyl/N-ethyl adjacent to an activating group) is 1. The Labute approximate surface area is 207 Å². The fraction of sp³-hybridized carbons (Fsp3) is 0.261. The first-order chi connectivity index (χ1) is 15.6. The van der Waals surface area contributed by atoms with Gasteiger partial charge in [0.25, 0.3) is 10.0 Å². The van der Waals surface area contributed by atoms with Crippen LogP contribution in [0.4, 0.5) is 5.69 Å². The van der Waals surface area contributed by atoms with Gasteiger partial charge in [-0.25, -0.2) is 8.42 Å². The van der Waals surface area contributed by atoms with E-state index in [0.717, 1.165) is 30.8 Å². The van der Waals surface area contributed by atoms with Gasteiger partial charge in [0.15, 0.2) is 5.78 Å². The first-order valence-electron chi connectivity index (χ1n) is 10.2. The van der Waals surface area contributed by atoms with E-state index in [9.17, 15) is 13.2 Å². The average Bonchev–Trinajstić information content (AvgIpc) is 3.36. The van der Waals surface area contributed by atoms with Crippen LogP contribution < -0.4 is 9.46 Å². The molecule has 0 radical (unpaired) electrons. The van der Waals surface area contributed by atoms with Gasteiger partial charge in [-0.15, -0.1) is 11.3 Å². The molecule has 4 rings (SSSR count). The number of halogens is 2. The SMILES string of the molecule is CC(=O)c1cccc(-c2sc(S(=O)(=O)Nc3ccc(Cl)c(O[C@@H]4CCN(C)C4)c3)cc2Cl)c1. The number of ether oxygens (including phenoxy) is 1. The summed E-state index contributed by atoms with van der Waals surface area (Å²) in [6.45, 7) is 3.20. The lowest BCUT2D eigenvalue weighted by Crippen LogP contribution is -2.21. The molecule has 1 aromatic heterocycles. The minimum absolute atomic E-state index is 0.00350. The quantitative estimate of drug-likeness (QED) is 0.394. The topological polar surface area (TPSA) is 75.7 Å². The van der Waals surface area contributed by atoms with Gasteiger partial charge in [-0.3, -0.25) is 9.52 Å². The van der Waals surface area contributed by atoms with Crippen molar-refractivity contribution >= 4 is 56.0 Å². The molecule has 174 valence electrons. The second-order valence-electron chi connectivity index (χ2n) is 7.92. The van der Waals surface area contributed by atoms with Crippen LogP contribution >= 0.6 is 34.5 Å². The number of Topliss-reactive ketones (excluding diaryl/α,β-unsaturated/α-hetero) is 1. The van der Waals surface area contributed by atoms with Crippen molar-refractivity contribution in [2.24, 2.45) is 0 Å². The molecule has 0 bridgehead atoms. The minimum Gasteiger partial charge on any atom is -0.487 e. The van der Waals surface area contributed by atoms with Gasteiger partial charge >= 0.3 is 0 Å². The van der Waals surface area contributed by atoms with Crippen LogP contribution in [0.15, 0.2) is 52.7 Å². The second-order valence-corrected chi connectivity index (χ2v) is 11.7. The maximum absolute atomic E-state index is 13.1. The number of thiophene rings is 1. The molecule has 1 atom stereocenters. The molecule has 2 aromatic carbocycles. The number of ketones is 1. The van der Waals surface area contributed by atoms with Crippen LogP contribution in [0.3, 0.4) is 0 Å². The summed E-state index contributed by atoms with van der Waals surface area (Å²) in [6, 6.07) is 13.1. The molecule has 2 heterocycles. The Morgan fingerprint density at radius 2 is 1.94 bits per heavy atom. The third-order valence-electron chi connectivity index (χ3n) is 5.29. The van der Waals surface area contributed by atoms with Gasteiger partial charge in [-0.1, -0.05) is 41.4 Å². The van der Waals surface area contributed by atoms with Crippen molar-refractivity contribution in [1.82, 2.24) is 4.90 Å². The zero-order chi connectivity index (χ0) is 23.8. The van der Waals surface area contributed by atoms with Crippen molar-refractivity contribution < 1.29 is 17.9 Å². The minimum atomic E-state index is -3.90. The molecule has 3 aromatic rings. The van der Waals surface area contributed by atoms with E-state index < -0.39 is 10.0 Å². The Kier molecular flexibility index (Phi) is 7.02. The predicted molar refractivity (Wildman–Crippen MR) is 134 cm³/mol. The highest BCUT2D eigenvalue weighted by atomic mass is 35.5. The van der Waals surface area contributed by atoms with E-state index in [1.165, 1.54) is 13.0 Å². The molecular weight excluding hydrogens is 503 g/mol. The third kappa shape index (κ3) is 5.53. The second kappa shape index (κ2) is 9.64. The Bertz CT molecular complexity index is 1310. The molecule has 1 aliphatic heterocycles. The van der Waals surface area contributed by atoms with Crippen molar-refractivity contribution in [3.63, 3.8) is 0 Å². The molecule has 6 nitrogen and oxygen atoms in total. The van der Waals surface area contributed by atoms with Gasteiger partial charge < -0.3 is 9.64 Å². The number of nitrogens with one attached hydrogen (secondary N) is 1. The van der Waals surface area contributed by atoms with Crippen LogP contribution in [-0.2, 0) is 10.0 Å². The van der Waals surface area contributed by atoms with Crippen LogP contribution in [0.2, 0.25) is 10.0 Å². The van der Waals surface area contributed by atoms with E-state index in [-0.39, 0.29) is 16.1 Å². The van der Waals surface area contributed by atoms with Crippen molar-refractivity contribution in [3.05, 3.63) is 64.1 Å². The molecule has 1 N–H and O–H groups in total. The zero-order valence-electron chi connectivity index (χ0n) is 18.0. The standard InChI is InChI=1S/C23H22Cl2N2O4S2/c1-14(28)15-4-3-5-16(10-15)23-20(25)12-22(32-23)33(29,30)26-17-6-7-19(24)21(11-17)31-18-8-9-27(2)13-18/h3-7,10-12,18,26H,8-9,13H2,1-2H3/t18-/m1/s1. The summed E-state index contributed by atoms with van der Waals surface area (Å²) >= 11 is 13.7. The summed E-state index contributed by atoms with van der Waals surface area (Å²) < 4.78 is 34.8. The molecular formula is C23H22Cl2N2O4S2. The van der Waals surface area contributed by atoms with Gasteiger partial charge in [-0.05, 0) is 50.2 Å². The number of nitrogens with zero attached hydrogens (tertiary/aromatic N) is 1. The van der Waals surface area contributed by atoms with E-state index >= 15 is 0 Å². The number of benzene rings is 2. The molecule has 33 heavy (non-hydrogen) atoms. The van der Waals surface area contributed by atoms with E-state index in [0.29, 0.717) is 37.5 Å². The van der Waals surface area contributed by atoms with Gasteiger partial charge in [-0.2, -0.15) is 0 Å². The number of likely N-dealkylation sites (tertiary alicyclic amines) is 1. The molecule has 0 aliphatic carbocycles. The molecule has 1 aliphatic rings. The Morgan fingerprint density at radius 1 is 1.15 bits per heavy atom. The summed E-state index contributed by atoms with van der Waals surface area (Å²) in [4.78, 5) is 14.4. The lowest BCUT2D eigenvalue weighted by atomic mass is 10.1. The Hall–Kier alpha value is -2.10. The van der Waals surface area contributed by atoms with E-state index in [1.807, 2.05) is 7.05 Å². The van der Waals surface area contributed by atoms with Crippen molar-refractivity contribution in [2.45, 2.75) is 23.7 Å². The summed E-state index contributed by atoms with van der Waals surface area (Å²) in [5.74, 6) is 0.354. The van der Waals surface area contributed by atoms with E-state index in [2.05, 4.69) is 9.62 Å². The third-order valence-corrected chi connectivity index (χ3v) is 9.05. The van der Waals surface area contributed by atoms with Crippen LogP contribution in [0, 0.1) is 0 Å². The summed E-state index contributed by atoms with van der Waals surface area (Å²) in [5.41, 5.74) is 1.55. The highest BCUT2D eigenvalue weighted by Gasteiger charge is 2.24. The van der Waals surface area contributed by atoms with Gasteiger partial charge in [0.2, 0.25) is 0 Å². The van der Waals surface area contributed by atoms with E-state index in [4.69, 9.17) is 27.9 Å². The summed E-state index contributed by atoms with van der Waals surface area (Å²) in [6.07, 6.45) is 0.883. The lowest BCUT2D eigenvalue weighted by Gasteiger charge is -2.16. The highest BCUT2D eigenvalue weighted by Crippen LogP contribution is 2.39. The van der Waals surface area contributed by atoms with Crippen LogP contribution in [0.25, 0.3) is 10.4 Å². The monoisotopic (exact) mass is 524 g/mol. The molecule has 0 spiro atoms. The molecule has 1 saturated heterocycles. The number of carbonyl (C=O) groups excluding carboxylic acids is 1. The number of sulfonamides is 1. The lowest BCUT2D eigenvalue weighted by molar-refractivity contribution is 0.101. The Morgan fingerprint density at radius 3 is 2.64 bits per heavy atom.